The summed E-state index contributed by atoms with van der Waals surface area (Å²) in [5, 5.41) is 2.52. The van der Waals surface area contributed by atoms with Crippen molar-refractivity contribution in [2.75, 3.05) is 26.7 Å². The summed E-state index contributed by atoms with van der Waals surface area (Å²) in [5.41, 5.74) is 0. The summed E-state index contributed by atoms with van der Waals surface area (Å²) in [6.07, 6.45) is 1.06. The molecule has 1 unspecified atom stereocenters. The molecule has 1 N–H and O–H groups in total. The van der Waals surface area contributed by atoms with Gasteiger partial charge in [-0.3, -0.25) is 4.79 Å². The van der Waals surface area contributed by atoms with E-state index in [0.29, 0.717) is 12.6 Å². The lowest BCUT2D eigenvalue weighted by molar-refractivity contribution is -0.154. The van der Waals surface area contributed by atoms with Crippen molar-refractivity contribution in [1.82, 2.24) is 10.2 Å². The van der Waals surface area contributed by atoms with Crippen LogP contribution in [-0.2, 0) is 14.3 Å². The van der Waals surface area contributed by atoms with Crippen LogP contribution in [0, 0.1) is 0 Å². The molecule has 0 aliphatic carbocycles. The van der Waals surface area contributed by atoms with E-state index in [4.69, 9.17) is 0 Å². The second-order valence-electron chi connectivity index (χ2n) is 3.71. The molecular weight excluding hydrogens is 208 g/mol. The first-order chi connectivity index (χ1) is 7.52. The minimum Gasteiger partial charge on any atom is -0.459 e. The Labute approximate surface area is 97.1 Å². The fourth-order valence-corrected chi connectivity index (χ4v) is 1.15. The average Bonchev–Trinajstić information content (AvgIpc) is 2.27. The molecule has 0 rings (SSSR count). The highest BCUT2D eigenvalue weighted by molar-refractivity contribution is 6.32. The van der Waals surface area contributed by atoms with Crippen LogP contribution in [0.25, 0.3) is 0 Å². The summed E-state index contributed by atoms with van der Waals surface area (Å²) in [6.45, 7) is 7.30. The third-order valence-electron chi connectivity index (χ3n) is 2.55. The van der Waals surface area contributed by atoms with Crippen molar-refractivity contribution < 1.29 is 14.3 Å². The molecule has 5 nitrogen and oxygen atoms in total. The van der Waals surface area contributed by atoms with Gasteiger partial charge in [0.2, 0.25) is 0 Å². The zero-order valence-corrected chi connectivity index (χ0v) is 10.6. The van der Waals surface area contributed by atoms with E-state index >= 15 is 0 Å². The molecule has 5 heteroatoms. The van der Waals surface area contributed by atoms with Crippen LogP contribution in [0.2, 0.25) is 0 Å². The first-order valence-electron chi connectivity index (χ1n) is 5.68. The molecule has 0 aromatic heterocycles. The molecule has 0 bridgehead atoms. The second-order valence-corrected chi connectivity index (χ2v) is 3.71. The van der Waals surface area contributed by atoms with Crippen LogP contribution in [0.4, 0.5) is 0 Å². The van der Waals surface area contributed by atoms with Gasteiger partial charge in [0.15, 0.2) is 0 Å². The first-order valence-corrected chi connectivity index (χ1v) is 5.68. The van der Waals surface area contributed by atoms with E-state index < -0.39 is 11.9 Å². The number of carbonyl (C=O) groups excluding carboxylic acids is 2. The molecule has 0 aromatic carbocycles. The van der Waals surface area contributed by atoms with Crippen molar-refractivity contribution in [1.29, 1.82) is 0 Å². The Bertz CT molecular complexity index is 231. The fourth-order valence-electron chi connectivity index (χ4n) is 1.15. The topological polar surface area (TPSA) is 58.6 Å². The van der Waals surface area contributed by atoms with Gasteiger partial charge in [0, 0.05) is 19.1 Å². The quantitative estimate of drug-likeness (QED) is 0.530. The van der Waals surface area contributed by atoms with Crippen LogP contribution in [-0.4, -0.2) is 49.6 Å². The van der Waals surface area contributed by atoms with Crippen LogP contribution < -0.4 is 5.32 Å². The van der Waals surface area contributed by atoms with Gasteiger partial charge in [-0.05, 0) is 27.3 Å². The van der Waals surface area contributed by atoms with Gasteiger partial charge < -0.3 is 15.0 Å². The average molecular weight is 230 g/mol. The number of nitrogens with one attached hydrogen (secondary N) is 1. The molecule has 0 aliphatic heterocycles. The standard InChI is InChI=1S/C11H22N2O3/c1-5-9(3)13(4)8-7-12-10(14)11(15)16-6-2/h9H,5-8H2,1-4H3,(H,12,14). The zero-order chi connectivity index (χ0) is 12.6. The number of esters is 1. The Morgan fingerprint density at radius 3 is 2.50 bits per heavy atom. The molecule has 1 atom stereocenters. The molecular formula is C11H22N2O3. The number of ether oxygens (including phenoxy) is 1. The van der Waals surface area contributed by atoms with E-state index in [1.807, 2.05) is 7.05 Å². The maximum atomic E-state index is 11.1. The fraction of sp³-hybridized carbons (Fsp3) is 0.818. The van der Waals surface area contributed by atoms with E-state index in [1.54, 1.807) is 6.92 Å². The number of nitrogens with zero attached hydrogens (tertiary/aromatic N) is 1. The highest BCUT2D eigenvalue weighted by Crippen LogP contribution is 1.97. The first kappa shape index (κ1) is 14.9. The van der Waals surface area contributed by atoms with Crippen LogP contribution in [0.15, 0.2) is 0 Å². The van der Waals surface area contributed by atoms with Gasteiger partial charge in [-0.25, -0.2) is 4.79 Å². The van der Waals surface area contributed by atoms with E-state index in [9.17, 15) is 9.59 Å². The third-order valence-corrected chi connectivity index (χ3v) is 2.55. The van der Waals surface area contributed by atoms with Crippen molar-refractivity contribution >= 4 is 11.9 Å². The van der Waals surface area contributed by atoms with Crippen LogP contribution >= 0.6 is 0 Å². The minimum absolute atomic E-state index is 0.221. The molecule has 0 aromatic rings. The monoisotopic (exact) mass is 230 g/mol. The number of rotatable bonds is 6. The second kappa shape index (κ2) is 8.10. The van der Waals surface area contributed by atoms with Crippen molar-refractivity contribution in [2.45, 2.75) is 33.2 Å². The maximum absolute atomic E-state index is 11.1. The number of hydrogen-bond donors (Lipinski definition) is 1. The number of carbonyl (C=O) groups is 2. The van der Waals surface area contributed by atoms with E-state index in [2.05, 4.69) is 28.8 Å². The van der Waals surface area contributed by atoms with Gasteiger partial charge in [0.05, 0.1) is 6.61 Å². The Kier molecular flexibility index (Phi) is 7.54. The Hall–Kier alpha value is -1.10. The minimum atomic E-state index is -0.811. The molecule has 0 saturated carbocycles. The van der Waals surface area contributed by atoms with Gasteiger partial charge in [-0.2, -0.15) is 0 Å². The zero-order valence-electron chi connectivity index (χ0n) is 10.6. The molecule has 0 fully saturated rings. The molecule has 0 saturated heterocycles. The largest absolute Gasteiger partial charge is 0.459 e. The van der Waals surface area contributed by atoms with Gasteiger partial charge >= 0.3 is 11.9 Å². The van der Waals surface area contributed by atoms with Crippen molar-refractivity contribution in [2.24, 2.45) is 0 Å². The van der Waals surface area contributed by atoms with Gasteiger partial charge in [0.25, 0.3) is 0 Å². The van der Waals surface area contributed by atoms with Crippen molar-refractivity contribution in [3.05, 3.63) is 0 Å². The SMILES string of the molecule is CCOC(=O)C(=O)NCCN(C)C(C)CC. The highest BCUT2D eigenvalue weighted by atomic mass is 16.5. The highest BCUT2D eigenvalue weighted by Gasteiger charge is 2.14. The lowest BCUT2D eigenvalue weighted by Gasteiger charge is -2.23. The molecule has 0 aliphatic rings. The molecule has 0 radical (unpaired) electrons. The Morgan fingerprint density at radius 2 is 2.00 bits per heavy atom. The van der Waals surface area contributed by atoms with Crippen molar-refractivity contribution in [3.8, 4) is 0 Å². The van der Waals surface area contributed by atoms with Gasteiger partial charge in [-0.1, -0.05) is 6.92 Å². The van der Waals surface area contributed by atoms with E-state index in [1.165, 1.54) is 0 Å². The number of hydrogen-bond acceptors (Lipinski definition) is 4. The molecule has 1 amide bonds. The summed E-state index contributed by atoms with van der Waals surface area (Å²) < 4.78 is 4.57. The molecule has 94 valence electrons. The number of amides is 1. The Balaban J connectivity index is 3.73. The molecule has 0 spiro atoms. The van der Waals surface area contributed by atoms with Gasteiger partial charge in [-0.15, -0.1) is 0 Å². The predicted octanol–water partition coefficient (Wildman–Crippen LogP) is 0.396. The van der Waals surface area contributed by atoms with E-state index in [0.717, 1.165) is 13.0 Å². The Morgan fingerprint density at radius 1 is 1.38 bits per heavy atom. The summed E-state index contributed by atoms with van der Waals surface area (Å²) in [6, 6.07) is 0.472. The molecule has 0 heterocycles. The number of likely N-dealkylation sites (N-methyl/N-ethyl adjacent to an activating group) is 1. The smallest absolute Gasteiger partial charge is 0.396 e. The van der Waals surface area contributed by atoms with Crippen LogP contribution in [0.5, 0.6) is 0 Å². The predicted molar refractivity (Wildman–Crippen MR) is 62.0 cm³/mol. The van der Waals surface area contributed by atoms with Gasteiger partial charge in [0.1, 0.15) is 0 Å². The van der Waals surface area contributed by atoms with Crippen LogP contribution in [0.1, 0.15) is 27.2 Å². The van der Waals surface area contributed by atoms with Crippen molar-refractivity contribution in [3.63, 3.8) is 0 Å². The third kappa shape index (κ3) is 5.70. The van der Waals surface area contributed by atoms with E-state index in [-0.39, 0.29) is 6.61 Å². The lowest BCUT2D eigenvalue weighted by atomic mass is 10.2. The summed E-state index contributed by atoms with van der Waals surface area (Å²) >= 11 is 0. The summed E-state index contributed by atoms with van der Waals surface area (Å²) in [5.74, 6) is -1.48. The maximum Gasteiger partial charge on any atom is 0.396 e. The molecule has 16 heavy (non-hydrogen) atoms. The lowest BCUT2D eigenvalue weighted by Crippen LogP contribution is -2.39. The normalized spacial score (nSPS) is 12.3. The summed E-state index contributed by atoms with van der Waals surface area (Å²) in [7, 11) is 1.99. The van der Waals surface area contributed by atoms with Crippen LogP contribution in [0.3, 0.4) is 0 Å². The summed E-state index contributed by atoms with van der Waals surface area (Å²) in [4.78, 5) is 24.2.